The number of hydrogen-bond donors (Lipinski definition) is 1. The predicted molar refractivity (Wildman–Crippen MR) is 120 cm³/mol. The summed E-state index contributed by atoms with van der Waals surface area (Å²) in [7, 11) is 0. The summed E-state index contributed by atoms with van der Waals surface area (Å²) in [5.41, 5.74) is 2.38. The van der Waals surface area contributed by atoms with Crippen molar-refractivity contribution in [2.45, 2.75) is 70.1 Å². The van der Waals surface area contributed by atoms with Crippen LogP contribution < -0.4 is 5.32 Å². The van der Waals surface area contributed by atoms with Gasteiger partial charge < -0.3 is 5.32 Å². The van der Waals surface area contributed by atoms with Gasteiger partial charge in [0.05, 0.1) is 0 Å². The SMILES string of the molecule is CCCCC(C)(CCC)c1nnc(NC(=S)c2c(C)cccc2SC)s1. The monoisotopic (exact) mass is 407 g/mol. The van der Waals surface area contributed by atoms with Crippen LogP contribution in [0.5, 0.6) is 0 Å². The molecule has 1 unspecified atom stereocenters. The quantitative estimate of drug-likeness (QED) is 0.374. The van der Waals surface area contributed by atoms with Crippen LogP contribution >= 0.6 is 35.3 Å². The highest BCUT2D eigenvalue weighted by molar-refractivity contribution is 7.98. The van der Waals surface area contributed by atoms with Gasteiger partial charge in [-0.2, -0.15) is 0 Å². The normalized spacial score (nSPS) is 13.4. The Morgan fingerprint density at radius 1 is 1.23 bits per heavy atom. The fourth-order valence-corrected chi connectivity index (χ4v) is 5.37. The Bertz CT molecular complexity index is 742. The second-order valence-corrected chi connectivity index (χ2v) is 9.17. The summed E-state index contributed by atoms with van der Waals surface area (Å²) in [4.78, 5) is 1.91. The molecule has 1 heterocycles. The molecule has 1 aromatic heterocycles. The fourth-order valence-electron chi connectivity index (χ4n) is 3.24. The third-order valence-corrected chi connectivity index (χ3v) is 6.96. The molecule has 2 aromatic rings. The van der Waals surface area contributed by atoms with E-state index in [0.29, 0.717) is 0 Å². The Hall–Kier alpha value is -0.980. The van der Waals surface area contributed by atoms with Crippen molar-refractivity contribution in [1.29, 1.82) is 0 Å². The van der Waals surface area contributed by atoms with Gasteiger partial charge in [0.15, 0.2) is 0 Å². The number of unbranched alkanes of at least 4 members (excludes halogenated alkanes) is 1. The van der Waals surface area contributed by atoms with E-state index in [9.17, 15) is 0 Å². The fraction of sp³-hybridized carbons (Fsp3) is 0.550. The molecule has 6 heteroatoms. The summed E-state index contributed by atoms with van der Waals surface area (Å²) >= 11 is 9.04. The van der Waals surface area contributed by atoms with Crippen LogP contribution in [0.4, 0.5) is 5.13 Å². The lowest BCUT2D eigenvalue weighted by atomic mass is 9.81. The third-order valence-electron chi connectivity index (χ3n) is 4.73. The molecule has 3 nitrogen and oxygen atoms in total. The molecule has 1 atom stereocenters. The van der Waals surface area contributed by atoms with Gasteiger partial charge in [0.2, 0.25) is 5.13 Å². The van der Waals surface area contributed by atoms with E-state index >= 15 is 0 Å². The molecular weight excluding hydrogens is 378 g/mol. The average molecular weight is 408 g/mol. The molecule has 1 N–H and O–H groups in total. The van der Waals surface area contributed by atoms with Crippen molar-refractivity contribution in [2.75, 3.05) is 11.6 Å². The highest BCUT2D eigenvalue weighted by Crippen LogP contribution is 2.37. The van der Waals surface area contributed by atoms with E-state index in [1.807, 2.05) is 0 Å². The molecule has 0 saturated heterocycles. The number of nitrogens with zero attached hydrogens (tertiary/aromatic N) is 2. The maximum atomic E-state index is 5.68. The highest BCUT2D eigenvalue weighted by atomic mass is 32.2. The Labute approximate surface area is 171 Å². The first-order valence-electron chi connectivity index (χ1n) is 9.24. The van der Waals surface area contributed by atoms with Gasteiger partial charge in [-0.25, -0.2) is 0 Å². The van der Waals surface area contributed by atoms with E-state index in [1.165, 1.54) is 23.3 Å². The maximum absolute atomic E-state index is 5.68. The van der Waals surface area contributed by atoms with Gasteiger partial charge >= 0.3 is 0 Å². The van der Waals surface area contributed by atoms with Crippen molar-refractivity contribution in [3.05, 3.63) is 34.3 Å². The summed E-state index contributed by atoms with van der Waals surface area (Å²) in [5, 5.41) is 14.1. The van der Waals surface area contributed by atoms with Crippen molar-refractivity contribution in [1.82, 2.24) is 10.2 Å². The minimum absolute atomic E-state index is 0.108. The largest absolute Gasteiger partial charge is 0.321 e. The lowest BCUT2D eigenvalue weighted by Gasteiger charge is -2.26. The van der Waals surface area contributed by atoms with Crippen LogP contribution in [-0.4, -0.2) is 21.4 Å². The molecule has 0 spiro atoms. The Kier molecular flexibility index (Phi) is 8.05. The van der Waals surface area contributed by atoms with E-state index < -0.39 is 0 Å². The molecule has 0 fully saturated rings. The lowest BCUT2D eigenvalue weighted by Crippen LogP contribution is -2.21. The zero-order valence-electron chi connectivity index (χ0n) is 16.4. The molecular formula is C20H29N3S3. The minimum atomic E-state index is 0.108. The number of anilines is 1. The van der Waals surface area contributed by atoms with E-state index in [4.69, 9.17) is 12.2 Å². The molecule has 142 valence electrons. The first kappa shape index (κ1) is 21.3. The van der Waals surface area contributed by atoms with Gasteiger partial charge in [-0.3, -0.25) is 0 Å². The van der Waals surface area contributed by atoms with Crippen LogP contribution in [0, 0.1) is 6.92 Å². The molecule has 0 aliphatic rings. The van der Waals surface area contributed by atoms with E-state index in [0.717, 1.165) is 40.0 Å². The smallest absolute Gasteiger partial charge is 0.210 e. The predicted octanol–water partition coefficient (Wildman–Crippen LogP) is 6.60. The highest BCUT2D eigenvalue weighted by Gasteiger charge is 2.29. The zero-order chi connectivity index (χ0) is 19.2. The minimum Gasteiger partial charge on any atom is -0.321 e. The zero-order valence-corrected chi connectivity index (χ0v) is 18.8. The first-order valence-corrected chi connectivity index (χ1v) is 11.7. The van der Waals surface area contributed by atoms with Gasteiger partial charge in [-0.15, -0.1) is 22.0 Å². The number of aromatic nitrogens is 2. The lowest BCUT2D eigenvalue weighted by molar-refractivity contribution is 0.379. The number of hydrogen-bond acceptors (Lipinski definition) is 5. The van der Waals surface area contributed by atoms with Crippen molar-refractivity contribution in [3.63, 3.8) is 0 Å². The molecule has 0 amide bonds. The molecule has 0 aliphatic heterocycles. The summed E-state index contributed by atoms with van der Waals surface area (Å²) in [5.74, 6) is 0. The number of benzene rings is 1. The molecule has 0 radical (unpaired) electrons. The van der Waals surface area contributed by atoms with E-state index in [2.05, 4.69) is 67.7 Å². The first-order chi connectivity index (χ1) is 12.4. The van der Waals surface area contributed by atoms with Crippen LogP contribution in [0.2, 0.25) is 0 Å². The van der Waals surface area contributed by atoms with Crippen LogP contribution in [-0.2, 0) is 5.41 Å². The topological polar surface area (TPSA) is 37.8 Å². The van der Waals surface area contributed by atoms with Crippen molar-refractivity contribution < 1.29 is 0 Å². The number of aryl methyl sites for hydroxylation is 1. The Balaban J connectivity index is 2.21. The van der Waals surface area contributed by atoms with Gasteiger partial charge in [-0.1, -0.05) is 75.7 Å². The van der Waals surface area contributed by atoms with Gasteiger partial charge in [0.1, 0.15) is 10.00 Å². The molecule has 0 saturated carbocycles. The number of nitrogens with one attached hydrogen (secondary N) is 1. The standard InChI is InChI=1S/C20H29N3S3/c1-6-8-13-20(4,12-7-2)18-22-23-19(26-18)21-17(24)16-14(3)10-9-11-15(16)25-5/h9-11H,6-8,12-13H2,1-5H3,(H,21,23,24). The third kappa shape index (κ3) is 5.05. The Morgan fingerprint density at radius 3 is 2.65 bits per heavy atom. The number of rotatable bonds is 9. The number of thiocarbonyl (C=S) groups is 1. The Morgan fingerprint density at radius 2 is 2.00 bits per heavy atom. The van der Waals surface area contributed by atoms with Crippen molar-refractivity contribution >= 4 is 45.4 Å². The molecule has 1 aromatic carbocycles. The van der Waals surface area contributed by atoms with Gasteiger partial charge in [-0.05, 0) is 37.7 Å². The second kappa shape index (κ2) is 9.81. The molecule has 26 heavy (non-hydrogen) atoms. The second-order valence-electron chi connectivity index (χ2n) is 6.93. The van der Waals surface area contributed by atoms with Crippen LogP contribution in [0.15, 0.2) is 23.1 Å². The van der Waals surface area contributed by atoms with Gasteiger partial charge in [0, 0.05) is 15.9 Å². The number of thioether (sulfide) groups is 1. The van der Waals surface area contributed by atoms with Crippen LogP contribution in [0.25, 0.3) is 0 Å². The van der Waals surface area contributed by atoms with E-state index in [1.54, 1.807) is 23.1 Å². The molecule has 2 rings (SSSR count). The van der Waals surface area contributed by atoms with Crippen LogP contribution in [0.1, 0.15) is 69.0 Å². The van der Waals surface area contributed by atoms with Crippen molar-refractivity contribution in [3.8, 4) is 0 Å². The summed E-state index contributed by atoms with van der Waals surface area (Å²) in [6, 6.07) is 6.27. The molecule has 0 bridgehead atoms. The summed E-state index contributed by atoms with van der Waals surface area (Å²) in [6.07, 6.45) is 7.95. The van der Waals surface area contributed by atoms with Gasteiger partial charge in [0.25, 0.3) is 0 Å². The average Bonchev–Trinajstić information content (AvgIpc) is 3.09. The summed E-state index contributed by atoms with van der Waals surface area (Å²) in [6.45, 7) is 8.89. The van der Waals surface area contributed by atoms with E-state index in [-0.39, 0.29) is 5.41 Å². The maximum Gasteiger partial charge on any atom is 0.210 e. The van der Waals surface area contributed by atoms with Crippen molar-refractivity contribution in [2.24, 2.45) is 0 Å². The molecule has 0 aliphatic carbocycles. The van der Waals surface area contributed by atoms with Crippen LogP contribution in [0.3, 0.4) is 0 Å². The summed E-state index contributed by atoms with van der Waals surface area (Å²) < 4.78 is 0.